The second-order valence-electron chi connectivity index (χ2n) is 5.27. The predicted octanol–water partition coefficient (Wildman–Crippen LogP) is 4.08. The van der Waals surface area contributed by atoms with Crippen LogP contribution in [0.3, 0.4) is 0 Å². The molecular weight excluding hydrogens is 398 g/mol. The number of carbonyl (C=O) groups is 1. The van der Waals surface area contributed by atoms with Crippen LogP contribution in [0.15, 0.2) is 46.9 Å². The van der Waals surface area contributed by atoms with E-state index in [1.54, 1.807) is 7.05 Å². The molecule has 0 saturated carbocycles. The van der Waals surface area contributed by atoms with Crippen molar-refractivity contribution < 1.29 is 9.72 Å². The van der Waals surface area contributed by atoms with E-state index in [4.69, 9.17) is 11.6 Å². The van der Waals surface area contributed by atoms with Gasteiger partial charge in [0.2, 0.25) is 5.91 Å². The number of rotatable bonds is 6. The Morgan fingerprint density at radius 2 is 1.96 bits per heavy atom. The zero-order valence-electron chi connectivity index (χ0n) is 12.8. The molecule has 1 N–H and O–H groups in total. The van der Waals surface area contributed by atoms with Crippen LogP contribution in [-0.2, 0) is 11.3 Å². The minimum Gasteiger partial charge on any atom is -0.319 e. The maximum Gasteiger partial charge on any atom is 0.294 e. The van der Waals surface area contributed by atoms with Gasteiger partial charge in [-0.05, 0) is 36.9 Å². The first-order valence-electron chi connectivity index (χ1n) is 7.02. The van der Waals surface area contributed by atoms with Crippen LogP contribution in [0.5, 0.6) is 0 Å². The van der Waals surface area contributed by atoms with E-state index in [9.17, 15) is 14.9 Å². The lowest BCUT2D eigenvalue weighted by atomic mass is 10.2. The summed E-state index contributed by atoms with van der Waals surface area (Å²) in [4.78, 5) is 24.4. The number of amides is 1. The van der Waals surface area contributed by atoms with Crippen LogP contribution in [0.4, 0.5) is 11.4 Å². The van der Waals surface area contributed by atoms with E-state index in [1.165, 1.54) is 18.2 Å². The third kappa shape index (κ3) is 5.30. The Morgan fingerprint density at radius 3 is 2.58 bits per heavy atom. The van der Waals surface area contributed by atoms with Crippen molar-refractivity contribution in [1.82, 2.24) is 4.90 Å². The van der Waals surface area contributed by atoms with Crippen LogP contribution in [0, 0.1) is 10.1 Å². The molecule has 0 atom stereocenters. The minimum absolute atomic E-state index is 0.107. The van der Waals surface area contributed by atoms with Gasteiger partial charge in [0.25, 0.3) is 5.69 Å². The molecule has 2 aromatic rings. The Balaban J connectivity index is 1.98. The number of nitrogens with zero attached hydrogens (tertiary/aromatic N) is 2. The molecule has 0 bridgehead atoms. The lowest BCUT2D eigenvalue weighted by molar-refractivity contribution is -0.383. The topological polar surface area (TPSA) is 75.5 Å². The number of benzene rings is 2. The van der Waals surface area contributed by atoms with E-state index < -0.39 is 4.92 Å². The molecule has 8 heteroatoms. The first kappa shape index (κ1) is 18.4. The van der Waals surface area contributed by atoms with Crippen LogP contribution < -0.4 is 5.32 Å². The Labute approximate surface area is 152 Å². The fourth-order valence-corrected chi connectivity index (χ4v) is 2.58. The van der Waals surface area contributed by atoms with Gasteiger partial charge < -0.3 is 5.32 Å². The maximum absolute atomic E-state index is 12.1. The highest BCUT2D eigenvalue weighted by atomic mass is 79.9. The molecule has 0 aliphatic carbocycles. The molecule has 1 amide bonds. The molecule has 2 rings (SSSR count). The average Bonchev–Trinajstić information content (AvgIpc) is 2.51. The number of nitro groups is 1. The standard InChI is InChI=1S/C16H15BrClN3O3/c1-20(9-11-2-4-12(17)5-3-11)10-16(22)19-14-7-6-13(18)8-15(14)21(23)24/h2-8H,9-10H2,1H3,(H,19,22). The summed E-state index contributed by atoms with van der Waals surface area (Å²) >= 11 is 9.12. The molecule has 6 nitrogen and oxygen atoms in total. The average molecular weight is 413 g/mol. The Hall–Kier alpha value is -1.96. The van der Waals surface area contributed by atoms with E-state index >= 15 is 0 Å². The lowest BCUT2D eigenvalue weighted by Crippen LogP contribution is -2.30. The van der Waals surface area contributed by atoms with Crippen LogP contribution in [0.25, 0.3) is 0 Å². The van der Waals surface area contributed by atoms with Crippen molar-refractivity contribution in [2.75, 3.05) is 18.9 Å². The van der Waals surface area contributed by atoms with Gasteiger partial charge in [-0.3, -0.25) is 19.8 Å². The largest absolute Gasteiger partial charge is 0.319 e. The van der Waals surface area contributed by atoms with Gasteiger partial charge in [0.1, 0.15) is 5.69 Å². The highest BCUT2D eigenvalue weighted by Crippen LogP contribution is 2.27. The quantitative estimate of drug-likeness (QED) is 0.573. The Kier molecular flexibility index (Phi) is 6.30. The highest BCUT2D eigenvalue weighted by molar-refractivity contribution is 9.10. The maximum atomic E-state index is 12.1. The van der Waals surface area contributed by atoms with Gasteiger partial charge in [0.15, 0.2) is 0 Å². The number of carbonyl (C=O) groups excluding carboxylic acids is 1. The molecule has 0 spiro atoms. The van der Waals surface area contributed by atoms with Gasteiger partial charge >= 0.3 is 0 Å². The second-order valence-corrected chi connectivity index (χ2v) is 6.62. The van der Waals surface area contributed by atoms with E-state index in [0.29, 0.717) is 6.54 Å². The van der Waals surface area contributed by atoms with E-state index in [2.05, 4.69) is 21.2 Å². The molecule has 0 fully saturated rings. The van der Waals surface area contributed by atoms with Crippen LogP contribution >= 0.6 is 27.5 Å². The van der Waals surface area contributed by atoms with Gasteiger partial charge in [-0.1, -0.05) is 39.7 Å². The Bertz CT molecular complexity index is 753. The number of nitro benzene ring substituents is 1. The molecule has 0 aliphatic heterocycles. The van der Waals surface area contributed by atoms with E-state index in [1.807, 2.05) is 29.2 Å². The number of hydrogen-bond acceptors (Lipinski definition) is 4. The van der Waals surface area contributed by atoms with Crippen molar-refractivity contribution in [1.29, 1.82) is 0 Å². The van der Waals surface area contributed by atoms with Gasteiger partial charge in [-0.15, -0.1) is 0 Å². The fraction of sp³-hybridized carbons (Fsp3) is 0.188. The molecule has 0 unspecified atom stereocenters. The molecule has 126 valence electrons. The van der Waals surface area contributed by atoms with Crippen LogP contribution in [-0.4, -0.2) is 29.3 Å². The lowest BCUT2D eigenvalue weighted by Gasteiger charge is -2.16. The molecule has 0 heterocycles. The van der Waals surface area contributed by atoms with Gasteiger partial charge in [-0.2, -0.15) is 0 Å². The molecule has 0 aromatic heterocycles. The van der Waals surface area contributed by atoms with Crippen molar-refractivity contribution in [3.8, 4) is 0 Å². The zero-order chi connectivity index (χ0) is 17.7. The summed E-state index contributed by atoms with van der Waals surface area (Å²) in [5.74, 6) is -0.333. The van der Waals surface area contributed by atoms with Gasteiger partial charge in [0, 0.05) is 22.1 Å². The predicted molar refractivity (Wildman–Crippen MR) is 97.2 cm³/mol. The zero-order valence-corrected chi connectivity index (χ0v) is 15.2. The van der Waals surface area contributed by atoms with Crippen molar-refractivity contribution >= 4 is 44.8 Å². The number of likely N-dealkylation sites (N-methyl/N-ethyl adjacent to an activating group) is 1. The summed E-state index contributed by atoms with van der Waals surface area (Å²) in [6.45, 7) is 0.694. The Morgan fingerprint density at radius 1 is 1.29 bits per heavy atom. The molecule has 0 saturated heterocycles. The molecular formula is C16H15BrClN3O3. The summed E-state index contributed by atoms with van der Waals surface area (Å²) < 4.78 is 0.988. The molecule has 0 radical (unpaired) electrons. The smallest absolute Gasteiger partial charge is 0.294 e. The number of hydrogen-bond donors (Lipinski definition) is 1. The molecule has 24 heavy (non-hydrogen) atoms. The molecule has 0 aliphatic rings. The minimum atomic E-state index is -0.576. The molecule has 2 aromatic carbocycles. The van der Waals surface area contributed by atoms with E-state index in [0.717, 1.165) is 10.0 Å². The summed E-state index contributed by atoms with van der Waals surface area (Å²) in [5.41, 5.74) is 0.962. The summed E-state index contributed by atoms with van der Waals surface area (Å²) in [7, 11) is 1.80. The summed E-state index contributed by atoms with van der Waals surface area (Å²) in [5, 5.41) is 13.8. The monoisotopic (exact) mass is 411 g/mol. The number of halogens is 2. The second kappa shape index (κ2) is 8.23. The van der Waals surface area contributed by atoms with Crippen molar-refractivity contribution in [2.45, 2.75) is 6.54 Å². The van der Waals surface area contributed by atoms with Crippen LogP contribution in [0.2, 0.25) is 5.02 Å². The third-order valence-electron chi connectivity index (χ3n) is 3.21. The fourth-order valence-electron chi connectivity index (χ4n) is 2.15. The number of nitrogens with one attached hydrogen (secondary N) is 1. The van der Waals surface area contributed by atoms with Gasteiger partial charge in [-0.25, -0.2) is 0 Å². The summed E-state index contributed by atoms with van der Waals surface area (Å²) in [6.07, 6.45) is 0. The van der Waals surface area contributed by atoms with Gasteiger partial charge in [0.05, 0.1) is 11.5 Å². The normalized spacial score (nSPS) is 10.7. The highest BCUT2D eigenvalue weighted by Gasteiger charge is 2.17. The SMILES string of the molecule is CN(CC(=O)Nc1ccc(Cl)cc1[N+](=O)[O-])Cc1ccc(Br)cc1. The third-order valence-corrected chi connectivity index (χ3v) is 3.97. The number of anilines is 1. The van der Waals surface area contributed by atoms with Crippen molar-refractivity contribution in [3.05, 3.63) is 67.6 Å². The van der Waals surface area contributed by atoms with Crippen LogP contribution in [0.1, 0.15) is 5.56 Å². The van der Waals surface area contributed by atoms with Crippen molar-refractivity contribution in [2.24, 2.45) is 0 Å². The first-order chi connectivity index (χ1) is 11.3. The van der Waals surface area contributed by atoms with E-state index in [-0.39, 0.29) is 28.8 Å². The van der Waals surface area contributed by atoms with Crippen molar-refractivity contribution in [3.63, 3.8) is 0 Å². The first-order valence-corrected chi connectivity index (χ1v) is 8.19. The summed E-state index contributed by atoms with van der Waals surface area (Å²) in [6, 6.07) is 11.9.